The van der Waals surface area contributed by atoms with Gasteiger partial charge < -0.3 is 15.3 Å². The molecule has 2 rings (SSSR count). The van der Waals surface area contributed by atoms with Crippen LogP contribution in [-0.2, 0) is 6.54 Å². The highest BCUT2D eigenvalue weighted by Crippen LogP contribution is 2.18. The molecule has 1 saturated heterocycles. The molecule has 0 saturated carbocycles. The predicted molar refractivity (Wildman–Crippen MR) is 53.6 cm³/mol. The van der Waals surface area contributed by atoms with Gasteiger partial charge in [0.15, 0.2) is 0 Å². The molecule has 1 aromatic rings. The van der Waals surface area contributed by atoms with Crippen LogP contribution in [0, 0.1) is 0 Å². The van der Waals surface area contributed by atoms with Crippen molar-refractivity contribution >= 4 is 5.69 Å². The predicted octanol–water partition coefficient (Wildman–Crippen LogP) is 0.819. The highest BCUT2D eigenvalue weighted by Gasteiger charge is 2.18. The molecule has 2 heterocycles. The van der Waals surface area contributed by atoms with Gasteiger partial charge in [-0.2, -0.15) is 0 Å². The summed E-state index contributed by atoms with van der Waals surface area (Å²) in [7, 11) is 0. The van der Waals surface area contributed by atoms with E-state index in [0.717, 1.165) is 43.9 Å². The van der Waals surface area contributed by atoms with Crippen molar-refractivity contribution in [1.29, 1.82) is 0 Å². The zero-order chi connectivity index (χ0) is 9.97. The summed E-state index contributed by atoms with van der Waals surface area (Å²) in [5.74, 6) is 0.835. The van der Waals surface area contributed by atoms with Crippen molar-refractivity contribution in [3.63, 3.8) is 0 Å². The quantitative estimate of drug-likeness (QED) is 0.735. The molecule has 0 aromatic carbocycles. The van der Waals surface area contributed by atoms with Crippen LogP contribution in [0.1, 0.15) is 18.6 Å². The molecule has 14 heavy (non-hydrogen) atoms. The molecular weight excluding hydrogens is 180 g/mol. The molecule has 0 amide bonds. The SMILES string of the molecule is Nc1ccoc1CN1CCC(O)CC1. The molecule has 4 nitrogen and oxygen atoms in total. The van der Waals surface area contributed by atoms with Crippen molar-refractivity contribution in [2.75, 3.05) is 18.8 Å². The van der Waals surface area contributed by atoms with Gasteiger partial charge in [-0.3, -0.25) is 4.90 Å². The summed E-state index contributed by atoms with van der Waals surface area (Å²) < 4.78 is 5.26. The number of piperidine rings is 1. The second-order valence-electron chi connectivity index (χ2n) is 3.81. The van der Waals surface area contributed by atoms with Gasteiger partial charge in [-0.25, -0.2) is 0 Å². The van der Waals surface area contributed by atoms with Gasteiger partial charge in [0.25, 0.3) is 0 Å². The number of likely N-dealkylation sites (tertiary alicyclic amines) is 1. The average Bonchev–Trinajstić information content (AvgIpc) is 2.56. The Bertz CT molecular complexity index is 290. The zero-order valence-corrected chi connectivity index (χ0v) is 8.15. The number of anilines is 1. The second kappa shape index (κ2) is 4.02. The van der Waals surface area contributed by atoms with Crippen LogP contribution in [-0.4, -0.2) is 29.2 Å². The number of rotatable bonds is 2. The minimum Gasteiger partial charge on any atom is -0.466 e. The Hall–Kier alpha value is -1.00. The van der Waals surface area contributed by atoms with E-state index in [4.69, 9.17) is 10.2 Å². The molecule has 3 N–H and O–H groups in total. The highest BCUT2D eigenvalue weighted by atomic mass is 16.3. The Kier molecular flexibility index (Phi) is 2.74. The molecule has 1 aliphatic rings. The summed E-state index contributed by atoms with van der Waals surface area (Å²) in [6, 6.07) is 1.77. The fourth-order valence-corrected chi connectivity index (χ4v) is 1.76. The molecule has 0 bridgehead atoms. The Morgan fingerprint density at radius 1 is 1.50 bits per heavy atom. The lowest BCUT2D eigenvalue weighted by molar-refractivity contribution is 0.0761. The minimum absolute atomic E-state index is 0.125. The molecule has 1 aromatic heterocycles. The number of hydrogen-bond donors (Lipinski definition) is 2. The second-order valence-corrected chi connectivity index (χ2v) is 3.81. The highest BCUT2D eigenvalue weighted by molar-refractivity contribution is 5.40. The summed E-state index contributed by atoms with van der Waals surface area (Å²) in [5.41, 5.74) is 6.43. The molecule has 0 spiro atoms. The van der Waals surface area contributed by atoms with E-state index in [1.165, 1.54) is 0 Å². The van der Waals surface area contributed by atoms with E-state index in [2.05, 4.69) is 4.90 Å². The summed E-state index contributed by atoms with van der Waals surface area (Å²) in [4.78, 5) is 2.25. The van der Waals surface area contributed by atoms with Gasteiger partial charge in [-0.1, -0.05) is 0 Å². The fraction of sp³-hybridized carbons (Fsp3) is 0.600. The van der Waals surface area contributed by atoms with E-state index in [1.54, 1.807) is 12.3 Å². The summed E-state index contributed by atoms with van der Waals surface area (Å²) in [5, 5.41) is 9.33. The van der Waals surface area contributed by atoms with Crippen molar-refractivity contribution in [3.8, 4) is 0 Å². The van der Waals surface area contributed by atoms with Crippen LogP contribution in [0.15, 0.2) is 16.7 Å². The summed E-state index contributed by atoms with van der Waals surface area (Å²) >= 11 is 0. The van der Waals surface area contributed by atoms with Gasteiger partial charge in [-0.05, 0) is 18.9 Å². The fourth-order valence-electron chi connectivity index (χ4n) is 1.76. The van der Waals surface area contributed by atoms with Crippen molar-refractivity contribution in [2.45, 2.75) is 25.5 Å². The molecule has 78 valence electrons. The third-order valence-corrected chi connectivity index (χ3v) is 2.70. The van der Waals surface area contributed by atoms with Crippen molar-refractivity contribution < 1.29 is 9.52 Å². The maximum Gasteiger partial charge on any atom is 0.140 e. The largest absolute Gasteiger partial charge is 0.466 e. The van der Waals surface area contributed by atoms with Crippen LogP contribution in [0.25, 0.3) is 0 Å². The van der Waals surface area contributed by atoms with Crippen molar-refractivity contribution in [3.05, 3.63) is 18.1 Å². The molecule has 4 heteroatoms. The number of hydrogen-bond acceptors (Lipinski definition) is 4. The van der Waals surface area contributed by atoms with Crippen LogP contribution < -0.4 is 5.73 Å². The van der Waals surface area contributed by atoms with Gasteiger partial charge >= 0.3 is 0 Å². The summed E-state index contributed by atoms with van der Waals surface area (Å²) in [6.07, 6.45) is 3.19. The smallest absolute Gasteiger partial charge is 0.140 e. The first kappa shape index (κ1) is 9.55. The lowest BCUT2D eigenvalue weighted by atomic mass is 10.1. The van der Waals surface area contributed by atoms with Crippen LogP contribution >= 0.6 is 0 Å². The first-order valence-electron chi connectivity index (χ1n) is 4.98. The average molecular weight is 196 g/mol. The standard InChI is InChI=1S/C10H16N2O2/c11-9-3-6-14-10(9)7-12-4-1-8(13)2-5-12/h3,6,8,13H,1-2,4-5,7,11H2. The monoisotopic (exact) mass is 196 g/mol. The Morgan fingerprint density at radius 2 is 2.21 bits per heavy atom. The van der Waals surface area contributed by atoms with Crippen LogP contribution in [0.4, 0.5) is 5.69 Å². The Labute approximate surface area is 83.3 Å². The number of nitrogens with zero attached hydrogens (tertiary/aromatic N) is 1. The van der Waals surface area contributed by atoms with Gasteiger partial charge in [0.2, 0.25) is 0 Å². The van der Waals surface area contributed by atoms with Gasteiger partial charge in [0.1, 0.15) is 5.76 Å². The maximum atomic E-state index is 9.33. The van der Waals surface area contributed by atoms with E-state index in [9.17, 15) is 5.11 Å². The Balaban J connectivity index is 1.89. The van der Waals surface area contributed by atoms with Gasteiger partial charge in [0.05, 0.1) is 24.6 Å². The number of aliphatic hydroxyl groups is 1. The van der Waals surface area contributed by atoms with Crippen LogP contribution in [0.5, 0.6) is 0 Å². The molecule has 1 aliphatic heterocycles. The Morgan fingerprint density at radius 3 is 2.79 bits per heavy atom. The zero-order valence-electron chi connectivity index (χ0n) is 8.15. The molecular formula is C10H16N2O2. The molecule has 0 unspecified atom stereocenters. The maximum absolute atomic E-state index is 9.33. The number of aliphatic hydroxyl groups excluding tert-OH is 1. The van der Waals surface area contributed by atoms with Crippen molar-refractivity contribution in [1.82, 2.24) is 4.90 Å². The minimum atomic E-state index is -0.125. The number of nitrogens with two attached hydrogens (primary N) is 1. The van der Waals surface area contributed by atoms with Crippen molar-refractivity contribution in [2.24, 2.45) is 0 Å². The van der Waals surface area contributed by atoms with E-state index >= 15 is 0 Å². The van der Waals surface area contributed by atoms with Gasteiger partial charge in [0, 0.05) is 13.1 Å². The lowest BCUT2D eigenvalue weighted by Crippen LogP contribution is -2.35. The van der Waals surface area contributed by atoms with E-state index in [-0.39, 0.29) is 6.10 Å². The van der Waals surface area contributed by atoms with E-state index in [0.29, 0.717) is 0 Å². The molecule has 1 fully saturated rings. The lowest BCUT2D eigenvalue weighted by Gasteiger charge is -2.28. The summed E-state index contributed by atoms with van der Waals surface area (Å²) in [6.45, 7) is 2.59. The van der Waals surface area contributed by atoms with E-state index in [1.807, 2.05) is 0 Å². The molecule has 0 aliphatic carbocycles. The molecule has 0 atom stereocenters. The number of nitrogen functional groups attached to an aromatic ring is 1. The third-order valence-electron chi connectivity index (χ3n) is 2.70. The normalized spacial score (nSPS) is 20.1. The van der Waals surface area contributed by atoms with Crippen LogP contribution in [0.2, 0.25) is 0 Å². The topological polar surface area (TPSA) is 62.6 Å². The first-order chi connectivity index (χ1) is 6.75. The van der Waals surface area contributed by atoms with Crippen LogP contribution in [0.3, 0.4) is 0 Å². The third kappa shape index (κ3) is 2.08. The number of furan rings is 1. The molecule has 0 radical (unpaired) electrons. The first-order valence-corrected chi connectivity index (χ1v) is 4.98. The van der Waals surface area contributed by atoms with E-state index < -0.39 is 0 Å². The van der Waals surface area contributed by atoms with Gasteiger partial charge in [-0.15, -0.1) is 0 Å².